The van der Waals surface area contributed by atoms with Crippen molar-refractivity contribution < 1.29 is 23.9 Å². The fourth-order valence-corrected chi connectivity index (χ4v) is 4.87. The summed E-state index contributed by atoms with van der Waals surface area (Å²) in [6.07, 6.45) is 1.58. The van der Waals surface area contributed by atoms with Crippen molar-refractivity contribution in [2.45, 2.75) is 38.3 Å². The van der Waals surface area contributed by atoms with Crippen molar-refractivity contribution in [3.63, 3.8) is 0 Å². The lowest BCUT2D eigenvalue weighted by molar-refractivity contribution is -0.139. The molecule has 0 aromatic heterocycles. The van der Waals surface area contributed by atoms with Gasteiger partial charge in [0.25, 0.3) is 5.91 Å². The normalized spacial score (nSPS) is 22.5. The van der Waals surface area contributed by atoms with Gasteiger partial charge in [-0.1, -0.05) is 24.3 Å². The Morgan fingerprint density at radius 1 is 1.15 bits per heavy atom. The number of benzene rings is 2. The summed E-state index contributed by atoms with van der Waals surface area (Å²) in [5.74, 6) is 0.639. The molecule has 2 aromatic rings. The number of aryl methyl sites for hydroxylation is 1. The zero-order chi connectivity index (χ0) is 23.8. The zero-order valence-corrected chi connectivity index (χ0v) is 19.4. The van der Waals surface area contributed by atoms with Crippen molar-refractivity contribution in [3.05, 3.63) is 59.2 Å². The monoisotopic (exact) mass is 451 g/mol. The summed E-state index contributed by atoms with van der Waals surface area (Å²) in [4.78, 5) is 42.1. The number of nitrogens with one attached hydrogen (secondary N) is 1. The van der Waals surface area contributed by atoms with Gasteiger partial charge in [-0.25, -0.2) is 4.79 Å². The van der Waals surface area contributed by atoms with Crippen LogP contribution in [0.25, 0.3) is 0 Å². The molecule has 2 unspecified atom stereocenters. The highest BCUT2D eigenvalue weighted by atomic mass is 16.5. The summed E-state index contributed by atoms with van der Waals surface area (Å²) in [6, 6.07) is 12.2. The van der Waals surface area contributed by atoms with Crippen LogP contribution in [0.4, 0.5) is 4.79 Å². The topological polar surface area (TPSA) is 88.2 Å². The lowest BCUT2D eigenvalue weighted by atomic mass is 9.88. The van der Waals surface area contributed by atoms with E-state index in [4.69, 9.17) is 9.47 Å². The molecular formula is C25H29N3O5. The molecule has 0 aliphatic carbocycles. The second-order valence-corrected chi connectivity index (χ2v) is 8.61. The average molecular weight is 452 g/mol. The largest absolute Gasteiger partial charge is 0.497 e. The molecule has 0 bridgehead atoms. The van der Waals surface area contributed by atoms with Crippen molar-refractivity contribution in [1.82, 2.24) is 15.1 Å². The van der Waals surface area contributed by atoms with Gasteiger partial charge >= 0.3 is 6.03 Å². The van der Waals surface area contributed by atoms with Crippen LogP contribution in [0.15, 0.2) is 42.5 Å². The Morgan fingerprint density at radius 2 is 1.91 bits per heavy atom. The van der Waals surface area contributed by atoms with E-state index < -0.39 is 17.5 Å². The van der Waals surface area contributed by atoms with Crippen LogP contribution in [0.1, 0.15) is 42.5 Å². The third-order valence-electron chi connectivity index (χ3n) is 6.62. The molecule has 4 amide bonds. The van der Waals surface area contributed by atoms with Crippen molar-refractivity contribution in [2.24, 2.45) is 0 Å². The Labute approximate surface area is 193 Å². The number of amides is 4. The fourth-order valence-electron chi connectivity index (χ4n) is 4.87. The van der Waals surface area contributed by atoms with Gasteiger partial charge < -0.3 is 19.7 Å². The minimum Gasteiger partial charge on any atom is -0.497 e. The van der Waals surface area contributed by atoms with Gasteiger partial charge in [-0.2, -0.15) is 0 Å². The second kappa shape index (κ2) is 8.77. The Bertz CT molecular complexity index is 1100. The number of carbonyl (C=O) groups excluding carboxylic acids is 3. The lowest BCUT2D eigenvalue weighted by Crippen LogP contribution is -2.44. The number of ether oxygens (including phenoxy) is 2. The number of nitrogens with zero attached hydrogens (tertiary/aromatic N) is 2. The molecular weight excluding hydrogens is 422 g/mol. The summed E-state index contributed by atoms with van der Waals surface area (Å²) < 4.78 is 10.9. The minimum atomic E-state index is -1.21. The maximum atomic E-state index is 13.3. The Kier molecular flexibility index (Phi) is 6.01. The molecule has 0 saturated carbocycles. The molecule has 8 heteroatoms. The highest BCUT2D eigenvalue weighted by molar-refractivity contribution is 6.09. The Balaban J connectivity index is 1.56. The second-order valence-electron chi connectivity index (χ2n) is 8.61. The van der Waals surface area contributed by atoms with Crippen LogP contribution in [-0.4, -0.2) is 55.0 Å². The van der Waals surface area contributed by atoms with Crippen LogP contribution >= 0.6 is 0 Å². The standard InChI is InChI=1S/C25H29N3O5/c1-16-8-5-6-9-19(16)25(2)23(30)28(24(31)26-25)15-22(29)27-13-7-10-20(27)18-14-17(32-3)11-12-21(18)33-4/h5-6,8-9,11-12,14,20H,7,10,13,15H2,1-4H3,(H,26,31). The van der Waals surface area contributed by atoms with Gasteiger partial charge in [0.2, 0.25) is 5.91 Å². The van der Waals surface area contributed by atoms with Crippen LogP contribution in [0.2, 0.25) is 0 Å². The predicted octanol–water partition coefficient (Wildman–Crippen LogP) is 3.14. The Morgan fingerprint density at radius 3 is 2.61 bits per heavy atom. The molecule has 2 atom stereocenters. The zero-order valence-electron chi connectivity index (χ0n) is 19.4. The number of hydrogen-bond acceptors (Lipinski definition) is 5. The van der Waals surface area contributed by atoms with Crippen molar-refractivity contribution in [2.75, 3.05) is 27.3 Å². The summed E-state index contributed by atoms with van der Waals surface area (Å²) in [5.41, 5.74) is 1.26. The molecule has 174 valence electrons. The number of imide groups is 1. The van der Waals surface area contributed by atoms with E-state index in [9.17, 15) is 14.4 Å². The molecule has 8 nitrogen and oxygen atoms in total. The molecule has 2 aliphatic heterocycles. The highest BCUT2D eigenvalue weighted by Crippen LogP contribution is 2.39. The molecule has 0 spiro atoms. The van der Waals surface area contributed by atoms with Gasteiger partial charge in [-0.3, -0.25) is 14.5 Å². The molecule has 2 aliphatic rings. The third kappa shape index (κ3) is 3.90. The first-order valence-electron chi connectivity index (χ1n) is 11.0. The van der Waals surface area contributed by atoms with E-state index in [-0.39, 0.29) is 18.5 Å². The summed E-state index contributed by atoms with van der Waals surface area (Å²) in [6.45, 7) is 3.81. The SMILES string of the molecule is COc1ccc(OC)c(C2CCCN2C(=O)CN2C(=O)NC(C)(c3ccccc3C)C2=O)c1. The first kappa shape index (κ1) is 22.6. The van der Waals surface area contributed by atoms with Gasteiger partial charge in [0.1, 0.15) is 23.6 Å². The van der Waals surface area contributed by atoms with Crippen LogP contribution in [0, 0.1) is 6.92 Å². The molecule has 2 saturated heterocycles. The molecule has 0 radical (unpaired) electrons. The van der Waals surface area contributed by atoms with Crippen molar-refractivity contribution in [1.29, 1.82) is 0 Å². The summed E-state index contributed by atoms with van der Waals surface area (Å²) in [7, 11) is 3.18. The van der Waals surface area contributed by atoms with Crippen LogP contribution in [0.3, 0.4) is 0 Å². The average Bonchev–Trinajstić information content (AvgIpc) is 3.38. The summed E-state index contributed by atoms with van der Waals surface area (Å²) >= 11 is 0. The number of carbonyl (C=O) groups is 3. The number of urea groups is 1. The van der Waals surface area contributed by atoms with Gasteiger partial charge in [-0.05, 0) is 56.0 Å². The van der Waals surface area contributed by atoms with E-state index in [1.165, 1.54) is 0 Å². The van der Waals surface area contributed by atoms with Crippen LogP contribution in [0.5, 0.6) is 11.5 Å². The first-order chi connectivity index (χ1) is 15.8. The van der Waals surface area contributed by atoms with Crippen LogP contribution in [-0.2, 0) is 15.1 Å². The minimum absolute atomic E-state index is 0.217. The number of hydrogen-bond donors (Lipinski definition) is 1. The van der Waals surface area contributed by atoms with Crippen LogP contribution < -0.4 is 14.8 Å². The Hall–Kier alpha value is -3.55. The fraction of sp³-hybridized carbons (Fsp3) is 0.400. The van der Waals surface area contributed by atoms with E-state index in [1.54, 1.807) is 26.0 Å². The van der Waals surface area contributed by atoms with Gasteiger partial charge in [0.15, 0.2) is 0 Å². The van der Waals surface area contributed by atoms with E-state index in [1.807, 2.05) is 49.4 Å². The first-order valence-corrected chi connectivity index (χ1v) is 11.0. The predicted molar refractivity (Wildman–Crippen MR) is 122 cm³/mol. The van der Waals surface area contributed by atoms with E-state index in [0.29, 0.717) is 18.0 Å². The molecule has 2 heterocycles. The molecule has 1 N–H and O–H groups in total. The number of likely N-dealkylation sites (tertiary alicyclic amines) is 1. The maximum absolute atomic E-state index is 13.3. The quantitative estimate of drug-likeness (QED) is 0.682. The van der Waals surface area contributed by atoms with Gasteiger partial charge in [0.05, 0.1) is 20.3 Å². The van der Waals surface area contributed by atoms with E-state index in [2.05, 4.69) is 5.32 Å². The molecule has 2 fully saturated rings. The molecule has 2 aromatic carbocycles. The van der Waals surface area contributed by atoms with E-state index >= 15 is 0 Å². The number of methoxy groups -OCH3 is 2. The lowest BCUT2D eigenvalue weighted by Gasteiger charge is -2.28. The molecule has 33 heavy (non-hydrogen) atoms. The summed E-state index contributed by atoms with van der Waals surface area (Å²) in [5, 5.41) is 2.79. The van der Waals surface area contributed by atoms with Gasteiger partial charge in [0, 0.05) is 12.1 Å². The number of rotatable bonds is 6. The van der Waals surface area contributed by atoms with Gasteiger partial charge in [-0.15, -0.1) is 0 Å². The smallest absolute Gasteiger partial charge is 0.325 e. The highest BCUT2D eigenvalue weighted by Gasteiger charge is 2.50. The van der Waals surface area contributed by atoms with Crippen molar-refractivity contribution >= 4 is 17.8 Å². The van der Waals surface area contributed by atoms with E-state index in [0.717, 1.165) is 34.4 Å². The third-order valence-corrected chi connectivity index (χ3v) is 6.62. The molecule has 4 rings (SSSR count). The van der Waals surface area contributed by atoms with Crippen molar-refractivity contribution in [3.8, 4) is 11.5 Å². The maximum Gasteiger partial charge on any atom is 0.325 e.